The number of rotatable bonds is 4. The summed E-state index contributed by atoms with van der Waals surface area (Å²) in [6.07, 6.45) is 0. The molecule has 12 heavy (non-hydrogen) atoms. The highest BCUT2D eigenvalue weighted by atomic mass is 32.5. The Kier molecular flexibility index (Phi) is 4.57. The molecule has 0 rings (SSSR count). The maximum atomic E-state index is 10.4. The molecule has 0 aliphatic rings. The van der Waals surface area contributed by atoms with Crippen LogP contribution in [0.3, 0.4) is 0 Å². The molecule has 2 atom stereocenters. The summed E-state index contributed by atoms with van der Waals surface area (Å²) >= 11 is 3.80. The van der Waals surface area contributed by atoms with Crippen molar-refractivity contribution in [3.05, 3.63) is 0 Å². The van der Waals surface area contributed by atoms with E-state index in [2.05, 4.69) is 20.4 Å². The fourth-order valence-corrected chi connectivity index (χ4v) is 3.16. The highest BCUT2D eigenvalue weighted by Crippen LogP contribution is 2.61. The number of hydrogen-bond acceptors (Lipinski definition) is 5. The fraction of sp³-hybridized carbons (Fsp3) is 0. The van der Waals surface area contributed by atoms with E-state index in [9.17, 15) is 9.13 Å². The molecule has 0 radical (unpaired) electrons. The van der Waals surface area contributed by atoms with E-state index in [1.165, 1.54) is 0 Å². The summed E-state index contributed by atoms with van der Waals surface area (Å²) in [5, 5.41) is 0. The van der Waals surface area contributed by atoms with Crippen LogP contribution in [0, 0.1) is 0 Å². The van der Waals surface area contributed by atoms with Crippen LogP contribution in [0.1, 0.15) is 0 Å². The van der Waals surface area contributed by atoms with Gasteiger partial charge in [0.1, 0.15) is 0 Å². The molecule has 0 heterocycles. The van der Waals surface area contributed by atoms with Crippen LogP contribution in [0.25, 0.3) is 0 Å². The van der Waals surface area contributed by atoms with Gasteiger partial charge >= 0.3 is 22.8 Å². The topological polar surface area (TPSA) is 134 Å². The molecule has 12 heteroatoms. The van der Waals surface area contributed by atoms with Gasteiger partial charge in [-0.15, -0.1) is 4.89 Å². The van der Waals surface area contributed by atoms with Gasteiger partial charge in [0.25, 0.3) is 0 Å². The zero-order valence-corrected chi connectivity index (χ0v) is 8.67. The van der Waals surface area contributed by atoms with Gasteiger partial charge < -0.3 is 9.79 Å². The molecule has 0 aliphatic heterocycles. The molecule has 0 saturated carbocycles. The highest BCUT2D eigenvalue weighted by molar-refractivity contribution is 8.08. The molecule has 0 amide bonds. The van der Waals surface area contributed by atoms with E-state index in [1.54, 1.807) is 0 Å². The summed E-state index contributed by atoms with van der Waals surface area (Å²) in [4.78, 5) is 33.1. The molecule has 0 spiro atoms. The van der Waals surface area contributed by atoms with Crippen LogP contribution in [0.4, 0.5) is 0 Å². The van der Waals surface area contributed by atoms with Crippen molar-refractivity contribution < 1.29 is 37.3 Å². The molecular formula is H4O8P3S+. The zero-order chi connectivity index (χ0) is 9.99. The lowest BCUT2D eigenvalue weighted by Gasteiger charge is -2.07. The summed E-state index contributed by atoms with van der Waals surface area (Å²) in [5.74, 6) is 0. The van der Waals surface area contributed by atoms with Crippen molar-refractivity contribution in [1.82, 2.24) is 0 Å². The van der Waals surface area contributed by atoms with Crippen molar-refractivity contribution in [3.8, 4) is 0 Å². The summed E-state index contributed by atoms with van der Waals surface area (Å²) < 4.78 is 27.2. The van der Waals surface area contributed by atoms with E-state index in [4.69, 9.17) is 19.6 Å². The molecule has 0 fully saturated rings. The van der Waals surface area contributed by atoms with Crippen molar-refractivity contribution in [2.45, 2.75) is 0 Å². The van der Waals surface area contributed by atoms with Crippen molar-refractivity contribution in [2.75, 3.05) is 0 Å². The monoisotopic (exact) mass is 257 g/mol. The minimum Gasteiger partial charge on any atom is -0.324 e. The second-order valence-corrected chi connectivity index (χ2v) is 6.49. The first-order valence-electron chi connectivity index (χ1n) is 2.08. The normalized spacial score (nSPS) is 18.5. The first-order chi connectivity index (χ1) is 5.12. The zero-order valence-electron chi connectivity index (χ0n) is 5.17. The summed E-state index contributed by atoms with van der Waals surface area (Å²) in [6.45, 7) is -4.39. The van der Waals surface area contributed by atoms with Gasteiger partial charge in [0, 0.05) is 4.57 Å². The molecular weight excluding hydrogens is 253 g/mol. The molecule has 2 unspecified atom stereocenters. The van der Waals surface area contributed by atoms with E-state index in [-0.39, 0.29) is 0 Å². The third-order valence-corrected chi connectivity index (χ3v) is 4.04. The minimum atomic E-state index is -4.96. The summed E-state index contributed by atoms with van der Waals surface area (Å²) in [7, 11) is -8.34. The molecule has 72 valence electrons. The van der Waals surface area contributed by atoms with Crippen molar-refractivity contribution in [2.24, 2.45) is 0 Å². The summed E-state index contributed by atoms with van der Waals surface area (Å²) in [5.41, 5.74) is 0. The first-order valence-corrected chi connectivity index (χ1v) is 7.33. The predicted molar refractivity (Wildman–Crippen MR) is 40.5 cm³/mol. The molecule has 0 aromatic rings. The average molecular weight is 257 g/mol. The quantitative estimate of drug-likeness (QED) is 0.512. The van der Waals surface area contributed by atoms with E-state index in [0.717, 1.165) is 0 Å². The standard InChI is InChI=1S/H3O8P3S/c1-9(2)7-10(3,4)8-11(5,6)12/h(H3-,1,2,3,4,5,6,12)/p+1. The molecule has 0 aromatic carbocycles. The summed E-state index contributed by atoms with van der Waals surface area (Å²) in [6, 6.07) is 0. The molecule has 0 aromatic heterocycles. The second kappa shape index (κ2) is 4.30. The van der Waals surface area contributed by atoms with E-state index in [0.29, 0.717) is 0 Å². The van der Waals surface area contributed by atoms with Crippen LogP contribution in [-0.2, 0) is 29.6 Å². The molecule has 4 N–H and O–H groups in total. The predicted octanol–water partition coefficient (Wildman–Crippen LogP) is -0.0212. The van der Waals surface area contributed by atoms with Gasteiger partial charge in [-0.1, -0.05) is 0 Å². The van der Waals surface area contributed by atoms with Gasteiger partial charge in [-0.2, -0.15) is 0 Å². The average Bonchev–Trinajstić information content (AvgIpc) is 1.48. The fourth-order valence-electron chi connectivity index (χ4n) is 0.238. The maximum absolute atomic E-state index is 10.4. The van der Waals surface area contributed by atoms with E-state index in [1.807, 2.05) is 0 Å². The van der Waals surface area contributed by atoms with Gasteiger partial charge in [-0.05, 0) is 16.1 Å². The van der Waals surface area contributed by atoms with Crippen LogP contribution >= 0.6 is 22.8 Å². The minimum absolute atomic E-state index is 3.38. The largest absolute Gasteiger partial charge is 0.705 e. The third-order valence-electron chi connectivity index (χ3n) is 0.383. The second-order valence-electron chi connectivity index (χ2n) is 1.36. The van der Waals surface area contributed by atoms with Crippen LogP contribution in [0.15, 0.2) is 0 Å². The van der Waals surface area contributed by atoms with Crippen LogP contribution in [-0.4, -0.2) is 19.6 Å². The third kappa shape index (κ3) is 7.39. The van der Waals surface area contributed by atoms with E-state index < -0.39 is 22.8 Å². The van der Waals surface area contributed by atoms with Crippen molar-refractivity contribution >= 4 is 34.6 Å². The van der Waals surface area contributed by atoms with Crippen molar-refractivity contribution in [3.63, 3.8) is 0 Å². The maximum Gasteiger partial charge on any atom is 0.705 e. The van der Waals surface area contributed by atoms with Crippen LogP contribution in [0.5, 0.6) is 0 Å². The van der Waals surface area contributed by atoms with Gasteiger partial charge in [-0.3, -0.25) is 4.89 Å². The van der Waals surface area contributed by atoms with Gasteiger partial charge in [-0.25, -0.2) is 8.88 Å². The molecule has 0 aliphatic carbocycles. The van der Waals surface area contributed by atoms with Crippen LogP contribution in [0.2, 0.25) is 0 Å². The molecule has 8 nitrogen and oxygen atoms in total. The lowest BCUT2D eigenvalue weighted by atomic mass is 15.7. The van der Waals surface area contributed by atoms with Gasteiger partial charge in [0.15, 0.2) is 0 Å². The molecule has 0 bridgehead atoms. The van der Waals surface area contributed by atoms with Gasteiger partial charge in [0.05, 0.1) is 0 Å². The van der Waals surface area contributed by atoms with E-state index >= 15 is 0 Å². The lowest BCUT2D eigenvalue weighted by molar-refractivity contribution is 0.259. The first kappa shape index (κ1) is 12.7. The number of phosphoric acid groups is 1. The lowest BCUT2D eigenvalue weighted by Crippen LogP contribution is -1.87. The smallest absolute Gasteiger partial charge is 0.324 e. The Labute approximate surface area is 72.6 Å². The Morgan fingerprint density at radius 1 is 1.33 bits per heavy atom. The highest BCUT2D eigenvalue weighted by Gasteiger charge is 2.39. The SMILES string of the molecule is O=[P+](O)OP(=O)(O)OP(O)(O)=S. The Hall–Kier alpha value is 0.740. The van der Waals surface area contributed by atoms with Crippen LogP contribution < -0.4 is 0 Å². The number of hydrogen-bond donors (Lipinski definition) is 4. The Morgan fingerprint density at radius 3 is 2.00 bits per heavy atom. The molecule has 0 saturated heterocycles. The Morgan fingerprint density at radius 2 is 1.75 bits per heavy atom. The van der Waals surface area contributed by atoms with Gasteiger partial charge in [0.2, 0.25) is 0 Å². The Bertz CT molecular complexity index is 261. The van der Waals surface area contributed by atoms with Crippen molar-refractivity contribution in [1.29, 1.82) is 0 Å². The Balaban J connectivity index is 4.35.